The average molecular weight is 268 g/mol. The first-order chi connectivity index (χ1) is 9.15. The SMILES string of the molecule is CCNc1ncnc(N(CCO)CCO)c1C(C)C. The third-order valence-electron chi connectivity index (χ3n) is 2.82. The van der Waals surface area contributed by atoms with E-state index in [0.717, 1.165) is 23.7 Å². The molecule has 1 rings (SSSR count). The molecule has 0 saturated heterocycles. The standard InChI is InChI=1S/C13H24N4O2/c1-4-14-12-11(10(2)3)13(16-9-15-12)17(5-7-18)6-8-19/h9-10,18-19H,4-8H2,1-3H3,(H,14,15,16). The first-order valence-corrected chi connectivity index (χ1v) is 6.71. The molecule has 6 heteroatoms. The zero-order chi connectivity index (χ0) is 14.3. The molecule has 108 valence electrons. The number of anilines is 2. The van der Waals surface area contributed by atoms with Crippen molar-refractivity contribution in [2.24, 2.45) is 0 Å². The van der Waals surface area contributed by atoms with Gasteiger partial charge in [0, 0.05) is 25.2 Å². The summed E-state index contributed by atoms with van der Waals surface area (Å²) >= 11 is 0. The molecule has 6 nitrogen and oxygen atoms in total. The van der Waals surface area contributed by atoms with Crippen molar-refractivity contribution < 1.29 is 10.2 Å². The van der Waals surface area contributed by atoms with E-state index in [1.807, 2.05) is 11.8 Å². The minimum Gasteiger partial charge on any atom is -0.395 e. The van der Waals surface area contributed by atoms with Gasteiger partial charge in [0.25, 0.3) is 0 Å². The highest BCUT2D eigenvalue weighted by Gasteiger charge is 2.19. The van der Waals surface area contributed by atoms with Crippen molar-refractivity contribution in [2.45, 2.75) is 26.7 Å². The van der Waals surface area contributed by atoms with E-state index < -0.39 is 0 Å². The third-order valence-corrected chi connectivity index (χ3v) is 2.82. The maximum absolute atomic E-state index is 9.14. The molecule has 0 radical (unpaired) electrons. The quantitative estimate of drug-likeness (QED) is 0.648. The topological polar surface area (TPSA) is 81.5 Å². The van der Waals surface area contributed by atoms with Gasteiger partial charge in [-0.2, -0.15) is 0 Å². The fraction of sp³-hybridized carbons (Fsp3) is 0.692. The lowest BCUT2D eigenvalue weighted by atomic mass is 10.0. The largest absolute Gasteiger partial charge is 0.395 e. The summed E-state index contributed by atoms with van der Waals surface area (Å²) in [6, 6.07) is 0. The smallest absolute Gasteiger partial charge is 0.137 e. The molecule has 0 spiro atoms. The van der Waals surface area contributed by atoms with Gasteiger partial charge in [0.1, 0.15) is 18.0 Å². The molecule has 19 heavy (non-hydrogen) atoms. The number of nitrogens with one attached hydrogen (secondary N) is 1. The Morgan fingerprint density at radius 1 is 1.21 bits per heavy atom. The van der Waals surface area contributed by atoms with E-state index in [-0.39, 0.29) is 19.1 Å². The Hall–Kier alpha value is -1.40. The van der Waals surface area contributed by atoms with Crippen molar-refractivity contribution in [3.63, 3.8) is 0 Å². The molecule has 1 heterocycles. The summed E-state index contributed by atoms with van der Waals surface area (Å²) in [5, 5.41) is 21.5. The maximum atomic E-state index is 9.14. The third kappa shape index (κ3) is 4.04. The van der Waals surface area contributed by atoms with Crippen molar-refractivity contribution >= 4 is 11.6 Å². The van der Waals surface area contributed by atoms with Crippen molar-refractivity contribution in [3.05, 3.63) is 11.9 Å². The van der Waals surface area contributed by atoms with Crippen LogP contribution in [0.3, 0.4) is 0 Å². The molecule has 0 fully saturated rings. The Bertz CT molecular complexity index is 379. The first-order valence-electron chi connectivity index (χ1n) is 6.71. The summed E-state index contributed by atoms with van der Waals surface area (Å²) in [6.07, 6.45) is 1.51. The number of aliphatic hydroxyl groups is 2. The molecule has 0 bridgehead atoms. The number of rotatable bonds is 8. The second kappa shape index (κ2) is 7.91. The van der Waals surface area contributed by atoms with Gasteiger partial charge in [-0.15, -0.1) is 0 Å². The van der Waals surface area contributed by atoms with Crippen LogP contribution in [0, 0.1) is 0 Å². The number of hydrogen-bond donors (Lipinski definition) is 3. The van der Waals surface area contributed by atoms with Crippen molar-refractivity contribution in [3.8, 4) is 0 Å². The number of aromatic nitrogens is 2. The monoisotopic (exact) mass is 268 g/mol. The first kappa shape index (κ1) is 15.7. The lowest BCUT2D eigenvalue weighted by Crippen LogP contribution is -2.32. The molecule has 0 amide bonds. The molecule has 0 aliphatic heterocycles. The van der Waals surface area contributed by atoms with Gasteiger partial charge in [0.15, 0.2) is 0 Å². The minimum absolute atomic E-state index is 0.0259. The van der Waals surface area contributed by atoms with Gasteiger partial charge >= 0.3 is 0 Å². The highest BCUT2D eigenvalue weighted by atomic mass is 16.3. The van der Waals surface area contributed by atoms with Crippen LogP contribution in [0.15, 0.2) is 6.33 Å². The van der Waals surface area contributed by atoms with Crippen LogP contribution in [0.25, 0.3) is 0 Å². The van der Waals surface area contributed by atoms with Crippen LogP contribution >= 0.6 is 0 Å². The highest BCUT2D eigenvalue weighted by molar-refractivity contribution is 5.60. The Balaban J connectivity index is 3.19. The summed E-state index contributed by atoms with van der Waals surface area (Å²) in [6.45, 7) is 7.92. The summed E-state index contributed by atoms with van der Waals surface area (Å²) < 4.78 is 0. The Morgan fingerprint density at radius 3 is 2.32 bits per heavy atom. The highest BCUT2D eigenvalue weighted by Crippen LogP contribution is 2.30. The van der Waals surface area contributed by atoms with Crippen LogP contribution in [0.1, 0.15) is 32.3 Å². The molecule has 0 unspecified atom stereocenters. The molecule has 3 N–H and O–H groups in total. The summed E-state index contributed by atoms with van der Waals surface area (Å²) in [7, 11) is 0. The van der Waals surface area contributed by atoms with Crippen molar-refractivity contribution in [2.75, 3.05) is 43.1 Å². The van der Waals surface area contributed by atoms with Crippen LogP contribution in [0.4, 0.5) is 11.6 Å². The number of nitrogens with zero attached hydrogens (tertiary/aromatic N) is 3. The van der Waals surface area contributed by atoms with Crippen molar-refractivity contribution in [1.82, 2.24) is 9.97 Å². The summed E-state index contributed by atoms with van der Waals surface area (Å²) in [4.78, 5) is 10.5. The Labute approximate surface area is 114 Å². The fourth-order valence-electron chi connectivity index (χ4n) is 2.04. The predicted molar refractivity (Wildman–Crippen MR) is 76.7 cm³/mol. The van der Waals surface area contributed by atoms with Gasteiger partial charge < -0.3 is 20.4 Å². The molecule has 0 atom stereocenters. The van der Waals surface area contributed by atoms with E-state index in [0.29, 0.717) is 13.1 Å². The average Bonchev–Trinajstić information content (AvgIpc) is 2.38. The van der Waals surface area contributed by atoms with Gasteiger partial charge in [-0.05, 0) is 12.8 Å². The fourth-order valence-corrected chi connectivity index (χ4v) is 2.04. The van der Waals surface area contributed by atoms with Crippen LogP contribution in [-0.4, -0.2) is 53.0 Å². The van der Waals surface area contributed by atoms with Gasteiger partial charge in [0.2, 0.25) is 0 Å². The maximum Gasteiger partial charge on any atom is 0.137 e. The normalized spacial score (nSPS) is 10.8. The van der Waals surface area contributed by atoms with E-state index in [2.05, 4.69) is 29.1 Å². The second-order valence-corrected chi connectivity index (χ2v) is 4.58. The van der Waals surface area contributed by atoms with Gasteiger partial charge in [0.05, 0.1) is 13.2 Å². The van der Waals surface area contributed by atoms with Crippen LogP contribution in [0.5, 0.6) is 0 Å². The zero-order valence-electron chi connectivity index (χ0n) is 11.9. The van der Waals surface area contributed by atoms with Gasteiger partial charge in [-0.1, -0.05) is 13.8 Å². The second-order valence-electron chi connectivity index (χ2n) is 4.58. The van der Waals surface area contributed by atoms with Crippen molar-refractivity contribution in [1.29, 1.82) is 0 Å². The van der Waals surface area contributed by atoms with Gasteiger partial charge in [-0.3, -0.25) is 0 Å². The lowest BCUT2D eigenvalue weighted by molar-refractivity contribution is 0.280. The molecule has 0 saturated carbocycles. The molecule has 0 aromatic carbocycles. The van der Waals surface area contributed by atoms with Crippen LogP contribution < -0.4 is 10.2 Å². The predicted octanol–water partition coefficient (Wildman–Crippen LogP) is 0.823. The van der Waals surface area contributed by atoms with E-state index in [1.165, 1.54) is 6.33 Å². The molecule has 1 aromatic heterocycles. The Morgan fingerprint density at radius 2 is 1.84 bits per heavy atom. The van der Waals surface area contributed by atoms with Gasteiger partial charge in [-0.25, -0.2) is 9.97 Å². The number of aliphatic hydroxyl groups excluding tert-OH is 2. The zero-order valence-corrected chi connectivity index (χ0v) is 11.9. The number of hydrogen-bond acceptors (Lipinski definition) is 6. The van der Waals surface area contributed by atoms with E-state index in [4.69, 9.17) is 10.2 Å². The van der Waals surface area contributed by atoms with Crippen LogP contribution in [-0.2, 0) is 0 Å². The molecular weight excluding hydrogens is 244 g/mol. The summed E-state index contributed by atoms with van der Waals surface area (Å²) in [5.41, 5.74) is 1.02. The molecule has 0 aliphatic carbocycles. The lowest BCUT2D eigenvalue weighted by Gasteiger charge is -2.26. The summed E-state index contributed by atoms with van der Waals surface area (Å²) in [5.74, 6) is 1.86. The van der Waals surface area contributed by atoms with E-state index in [1.54, 1.807) is 0 Å². The van der Waals surface area contributed by atoms with Crippen LogP contribution in [0.2, 0.25) is 0 Å². The minimum atomic E-state index is 0.0259. The van der Waals surface area contributed by atoms with E-state index >= 15 is 0 Å². The molecular formula is C13H24N4O2. The van der Waals surface area contributed by atoms with E-state index in [9.17, 15) is 0 Å². The molecule has 0 aliphatic rings. The Kier molecular flexibility index (Phi) is 6.52. The molecule has 1 aromatic rings.